The predicted molar refractivity (Wildman–Crippen MR) is 72.8 cm³/mol. The molecule has 15 heavy (non-hydrogen) atoms. The van der Waals surface area contributed by atoms with Crippen LogP contribution in [0.2, 0.25) is 0 Å². The van der Waals surface area contributed by atoms with E-state index in [4.69, 9.17) is 0 Å². The van der Waals surface area contributed by atoms with Crippen molar-refractivity contribution in [1.82, 2.24) is 0 Å². The van der Waals surface area contributed by atoms with E-state index in [0.717, 1.165) is 0 Å². The van der Waals surface area contributed by atoms with Gasteiger partial charge in [-0.1, -0.05) is 0 Å². The van der Waals surface area contributed by atoms with Crippen LogP contribution in [-0.4, -0.2) is 36.1 Å². The Morgan fingerprint density at radius 1 is 1.27 bits per heavy atom. The molecule has 0 saturated heterocycles. The van der Waals surface area contributed by atoms with Gasteiger partial charge in [-0.15, -0.1) is 0 Å². The van der Waals surface area contributed by atoms with Crippen molar-refractivity contribution < 1.29 is 23.7 Å². The first-order chi connectivity index (χ1) is 6.41. The van der Waals surface area contributed by atoms with Gasteiger partial charge < -0.3 is 0 Å². The maximum Gasteiger partial charge on any atom is -0.153 e. The molecule has 0 aliphatic carbocycles. The topological polar surface area (TPSA) is 46.2 Å². The zero-order valence-corrected chi connectivity index (χ0v) is 11.0. The molecule has 0 amide bonds. The first-order valence-corrected chi connectivity index (χ1v) is 5.55. The maximum absolute atomic E-state index is 4.67. The second-order valence-corrected chi connectivity index (χ2v) is 3.28. The van der Waals surface area contributed by atoms with Crippen LogP contribution in [0.1, 0.15) is 0 Å². The Labute approximate surface area is 99.0 Å². The van der Waals surface area contributed by atoms with E-state index >= 15 is 0 Å². The van der Waals surface area contributed by atoms with E-state index in [-0.39, 0.29) is 18.3 Å². The SMILES string of the molecule is B.C=CCOO/B=B/OO/P=P/OC.P. The van der Waals surface area contributed by atoms with Crippen molar-refractivity contribution in [3.8, 4) is 0 Å². The van der Waals surface area contributed by atoms with E-state index < -0.39 is 0 Å². The average molecular weight is 268 g/mol. The normalized spacial score (nSPS) is 8.33. The van der Waals surface area contributed by atoms with Crippen molar-refractivity contribution in [3.05, 3.63) is 12.7 Å². The van der Waals surface area contributed by atoms with Crippen LogP contribution in [0, 0.1) is 0 Å². The summed E-state index contributed by atoms with van der Waals surface area (Å²) >= 11 is 0. The smallest absolute Gasteiger partial charge is 0.153 e. The molecule has 0 aromatic heterocycles. The fourth-order valence-corrected chi connectivity index (χ4v) is 0.842. The Morgan fingerprint density at radius 2 is 1.93 bits per heavy atom. The van der Waals surface area contributed by atoms with Gasteiger partial charge in [0.25, 0.3) is 0 Å². The van der Waals surface area contributed by atoms with Gasteiger partial charge in [0.15, 0.2) is 0 Å². The van der Waals surface area contributed by atoms with Crippen molar-refractivity contribution in [1.29, 1.82) is 0 Å². The molecule has 0 aliphatic rings. The molecule has 0 heterocycles. The summed E-state index contributed by atoms with van der Waals surface area (Å²) in [5.74, 6) is 0. The molecule has 0 bridgehead atoms. The molecule has 0 aromatic rings. The van der Waals surface area contributed by atoms with E-state index in [1.165, 1.54) is 14.0 Å². The molecule has 5 nitrogen and oxygen atoms in total. The quantitative estimate of drug-likeness (QED) is 0.159. The van der Waals surface area contributed by atoms with Crippen LogP contribution >= 0.6 is 26.1 Å². The Balaban J connectivity index is -0.000000720. The third-order valence-corrected chi connectivity index (χ3v) is 1.88. The summed E-state index contributed by atoms with van der Waals surface area (Å²) < 4.78 is 9.24. The Hall–Kier alpha value is 0.445. The van der Waals surface area contributed by atoms with Gasteiger partial charge in [0.2, 0.25) is 0 Å². The Kier molecular flexibility index (Phi) is 27.7. The van der Waals surface area contributed by atoms with Gasteiger partial charge in [-0.2, -0.15) is 9.90 Å². The minimum Gasteiger partial charge on any atom is -0.153 e. The second-order valence-electron chi connectivity index (χ2n) is 1.46. The largest absolute Gasteiger partial charge is 0.153 e. The minimum atomic E-state index is 0. The van der Waals surface area contributed by atoms with Gasteiger partial charge in [-0.05, 0) is 0 Å². The van der Waals surface area contributed by atoms with E-state index in [1.807, 2.05) is 0 Å². The van der Waals surface area contributed by atoms with Crippen LogP contribution in [0.25, 0.3) is 0 Å². The predicted octanol–water partition coefficient (Wildman–Crippen LogP) is 0.380. The second kappa shape index (κ2) is 19.9. The zero-order chi connectivity index (χ0) is 9.78. The summed E-state index contributed by atoms with van der Waals surface area (Å²) in [7, 11) is 5.15. The van der Waals surface area contributed by atoms with Crippen molar-refractivity contribution in [2.75, 3.05) is 13.7 Å². The summed E-state index contributed by atoms with van der Waals surface area (Å²) in [6, 6.07) is 0. The summed E-state index contributed by atoms with van der Waals surface area (Å²) in [4.78, 5) is 13.5. The average Bonchev–Trinajstić information content (AvgIpc) is 2.16. The van der Waals surface area contributed by atoms with Gasteiger partial charge >= 0.3 is 80.3 Å². The van der Waals surface area contributed by atoms with Gasteiger partial charge in [0.05, 0.1) is 8.41 Å². The molecule has 0 N–H and O–H groups in total. The minimum absolute atomic E-state index is 0. The third kappa shape index (κ3) is 20.5. The molecular formula is C4H14B3O5P3. The first kappa shape index (κ1) is 20.8. The third-order valence-electron chi connectivity index (χ3n) is 0.612. The Morgan fingerprint density at radius 3 is 2.53 bits per heavy atom. The van der Waals surface area contributed by atoms with Gasteiger partial charge in [-0.3, -0.25) is 0 Å². The molecule has 0 fully saturated rings. The molecule has 0 aromatic carbocycles. The van der Waals surface area contributed by atoms with Gasteiger partial charge in [0.1, 0.15) is 0 Å². The zero-order valence-electron chi connectivity index (χ0n) is 7.79. The van der Waals surface area contributed by atoms with Gasteiger partial charge in [0, 0.05) is 0 Å². The van der Waals surface area contributed by atoms with Crippen molar-refractivity contribution in [2.24, 2.45) is 0 Å². The number of rotatable bonds is 8. The van der Waals surface area contributed by atoms with Crippen LogP contribution in [0.4, 0.5) is 0 Å². The summed E-state index contributed by atoms with van der Waals surface area (Å²) in [6.07, 6.45) is 1.56. The van der Waals surface area contributed by atoms with E-state index in [0.29, 0.717) is 22.8 Å². The van der Waals surface area contributed by atoms with E-state index in [1.54, 1.807) is 13.2 Å². The molecule has 11 heteroatoms. The van der Waals surface area contributed by atoms with E-state index in [2.05, 4.69) is 30.3 Å². The van der Waals surface area contributed by atoms with E-state index in [9.17, 15) is 0 Å². The Bertz CT molecular complexity index is 181. The standard InChI is InChI=1S/C4H8B2O5P2.BH3.H3P/c1-3-4-8-9-5-6-10-11-13-12-7-2;;/h3H,1,4H2,2H3;2*1H3. The summed E-state index contributed by atoms with van der Waals surface area (Å²) in [5.41, 5.74) is 0. The number of hydrogen-bond donors (Lipinski definition) is 0. The van der Waals surface area contributed by atoms with Gasteiger partial charge in [-0.25, -0.2) is 0 Å². The van der Waals surface area contributed by atoms with Crippen LogP contribution in [0.3, 0.4) is 0 Å². The molecule has 0 radical (unpaired) electrons. The first-order valence-electron chi connectivity index (χ1n) is 3.22. The molecule has 1 atom stereocenters. The molecule has 0 saturated carbocycles. The van der Waals surface area contributed by atoms with Crippen molar-refractivity contribution in [2.45, 2.75) is 0 Å². The van der Waals surface area contributed by atoms with Crippen molar-refractivity contribution in [3.63, 3.8) is 0 Å². The molecule has 84 valence electrons. The van der Waals surface area contributed by atoms with Crippen LogP contribution in [0.15, 0.2) is 12.7 Å². The fraction of sp³-hybridized carbons (Fsp3) is 0.500. The van der Waals surface area contributed by atoms with Crippen LogP contribution in [-0.2, 0) is 23.7 Å². The van der Waals surface area contributed by atoms with Crippen LogP contribution in [0.5, 0.6) is 0 Å². The summed E-state index contributed by atoms with van der Waals surface area (Å²) in [5, 5.41) is 0. The summed E-state index contributed by atoms with van der Waals surface area (Å²) in [6.45, 7) is 3.74. The van der Waals surface area contributed by atoms with Crippen molar-refractivity contribution >= 4 is 48.5 Å². The number of hydrogen-bond acceptors (Lipinski definition) is 5. The molecular weight excluding hydrogens is 253 g/mol. The fourth-order valence-electron chi connectivity index (χ4n) is 0.263. The molecule has 0 rings (SSSR count). The monoisotopic (exact) mass is 268 g/mol. The molecule has 0 spiro atoms. The molecule has 0 aliphatic heterocycles. The molecule has 1 unspecified atom stereocenters. The van der Waals surface area contributed by atoms with Crippen LogP contribution < -0.4 is 0 Å². The maximum atomic E-state index is 4.67.